The van der Waals surface area contributed by atoms with Crippen molar-refractivity contribution in [1.29, 1.82) is 0 Å². The second-order valence-corrected chi connectivity index (χ2v) is 7.80. The summed E-state index contributed by atoms with van der Waals surface area (Å²) in [6.07, 6.45) is -1.45. The van der Waals surface area contributed by atoms with Crippen molar-refractivity contribution in [1.82, 2.24) is 13.9 Å². The molecule has 2 heterocycles. The number of aromatic hydroxyl groups is 1. The zero-order valence-electron chi connectivity index (χ0n) is 15.8. The van der Waals surface area contributed by atoms with Gasteiger partial charge in [-0.15, -0.1) is 0 Å². The molecule has 2 aromatic carbocycles. The van der Waals surface area contributed by atoms with Crippen LogP contribution >= 0.6 is 23.3 Å². The van der Waals surface area contributed by atoms with Crippen LogP contribution in [-0.2, 0) is 6.18 Å². The fourth-order valence-corrected chi connectivity index (χ4v) is 4.08. The van der Waals surface area contributed by atoms with Crippen molar-refractivity contribution in [2.45, 2.75) is 11.3 Å². The van der Waals surface area contributed by atoms with Gasteiger partial charge in [0.15, 0.2) is 0 Å². The number of thioether (sulfide) groups is 1. The van der Waals surface area contributed by atoms with Crippen LogP contribution in [0.5, 0.6) is 5.88 Å². The predicted octanol–water partition coefficient (Wildman–Crippen LogP) is 5.04. The highest BCUT2D eigenvalue weighted by Crippen LogP contribution is 2.32. The van der Waals surface area contributed by atoms with Gasteiger partial charge in [-0.05, 0) is 30.5 Å². The monoisotopic (exact) mass is 462 g/mol. The molecular formula is C20H13F3N4O2S2. The lowest BCUT2D eigenvalue weighted by Crippen LogP contribution is -2.20. The number of nitrogens with zero attached hydrogens (tertiary/aromatic N) is 4. The first-order valence-corrected chi connectivity index (χ1v) is 10.8. The maximum atomic E-state index is 13.2. The summed E-state index contributed by atoms with van der Waals surface area (Å²) in [4.78, 5) is 21.4. The number of aliphatic imine (C=N–C) groups is 1. The minimum absolute atomic E-state index is 0.113. The van der Waals surface area contributed by atoms with E-state index >= 15 is 0 Å². The number of hydrogen-bond donors (Lipinski definition) is 1. The van der Waals surface area contributed by atoms with Crippen LogP contribution in [0.25, 0.3) is 16.5 Å². The number of halogens is 3. The lowest BCUT2D eigenvalue weighted by molar-refractivity contribution is -0.137. The Morgan fingerprint density at radius 1 is 1.16 bits per heavy atom. The maximum Gasteiger partial charge on any atom is 0.416 e. The highest BCUT2D eigenvalue weighted by molar-refractivity contribution is 7.98. The summed E-state index contributed by atoms with van der Waals surface area (Å²) >= 11 is 2.41. The van der Waals surface area contributed by atoms with E-state index in [1.807, 2.05) is 6.26 Å². The van der Waals surface area contributed by atoms with Crippen LogP contribution in [0.3, 0.4) is 0 Å². The Balaban J connectivity index is 1.95. The number of rotatable bonds is 4. The van der Waals surface area contributed by atoms with Crippen LogP contribution in [0, 0.1) is 0 Å². The number of alkyl halides is 3. The summed E-state index contributed by atoms with van der Waals surface area (Å²) in [6, 6.07) is 10.7. The largest absolute Gasteiger partial charge is 0.494 e. The minimum Gasteiger partial charge on any atom is -0.494 e. The Morgan fingerprint density at radius 2 is 1.90 bits per heavy atom. The van der Waals surface area contributed by atoms with Crippen molar-refractivity contribution < 1.29 is 18.3 Å². The van der Waals surface area contributed by atoms with Crippen molar-refractivity contribution in [2.75, 3.05) is 6.26 Å². The van der Waals surface area contributed by atoms with E-state index in [9.17, 15) is 23.1 Å². The van der Waals surface area contributed by atoms with E-state index in [1.54, 1.807) is 18.2 Å². The van der Waals surface area contributed by atoms with Crippen molar-refractivity contribution in [3.05, 3.63) is 70.0 Å². The van der Waals surface area contributed by atoms with Crippen molar-refractivity contribution in [3.8, 4) is 11.6 Å². The molecule has 4 aromatic rings. The van der Waals surface area contributed by atoms with Crippen LogP contribution in [0.1, 0.15) is 11.1 Å². The average molecular weight is 462 g/mol. The molecule has 4 rings (SSSR count). The van der Waals surface area contributed by atoms with Gasteiger partial charge in [0.1, 0.15) is 0 Å². The highest BCUT2D eigenvalue weighted by atomic mass is 32.2. The summed E-state index contributed by atoms with van der Waals surface area (Å²) < 4.78 is 44.5. The van der Waals surface area contributed by atoms with E-state index in [-0.39, 0.29) is 16.6 Å². The first-order chi connectivity index (χ1) is 14.8. The minimum atomic E-state index is -4.59. The van der Waals surface area contributed by atoms with Crippen LogP contribution < -0.4 is 5.56 Å². The summed E-state index contributed by atoms with van der Waals surface area (Å²) in [5.74, 6) is -0.527. The summed E-state index contributed by atoms with van der Waals surface area (Å²) in [7, 11) is 0. The summed E-state index contributed by atoms with van der Waals surface area (Å²) in [6.45, 7) is 0. The molecule has 31 heavy (non-hydrogen) atoms. The van der Waals surface area contributed by atoms with Gasteiger partial charge in [0.25, 0.3) is 5.56 Å². The van der Waals surface area contributed by atoms with Crippen molar-refractivity contribution in [2.24, 2.45) is 4.99 Å². The van der Waals surface area contributed by atoms with Gasteiger partial charge < -0.3 is 5.11 Å². The molecule has 158 valence electrons. The van der Waals surface area contributed by atoms with Gasteiger partial charge in [-0.1, -0.05) is 36.0 Å². The Bertz CT molecular complexity index is 1360. The Kier molecular flexibility index (Phi) is 5.54. The predicted molar refractivity (Wildman–Crippen MR) is 115 cm³/mol. The van der Waals surface area contributed by atoms with Gasteiger partial charge in [-0.3, -0.25) is 4.79 Å². The van der Waals surface area contributed by atoms with Gasteiger partial charge in [0, 0.05) is 28.5 Å². The molecule has 2 aromatic heterocycles. The normalized spacial score (nSPS) is 12.1. The Hall–Kier alpha value is -3.18. The summed E-state index contributed by atoms with van der Waals surface area (Å²) in [5.41, 5.74) is -1.52. The molecule has 11 heteroatoms. The average Bonchev–Trinajstić information content (AvgIpc) is 3.21. The molecule has 1 N–H and O–H groups in total. The number of fused-ring (bicyclic) bond motifs is 1. The van der Waals surface area contributed by atoms with E-state index in [0.29, 0.717) is 15.7 Å². The van der Waals surface area contributed by atoms with Gasteiger partial charge in [0.05, 0.1) is 16.8 Å². The quantitative estimate of drug-likeness (QED) is 0.340. The molecule has 0 aliphatic rings. The first kappa shape index (κ1) is 21.1. The van der Waals surface area contributed by atoms with Crippen molar-refractivity contribution in [3.63, 3.8) is 0 Å². The third kappa shape index (κ3) is 4.06. The standard InChI is InChI=1S/C20H13F3N4O2S2/c1-30-19-25-18(31-26-19)24-10-15-13-7-2-3-8-14(13)16(28)27(17(15)29)12-6-4-5-11(9-12)20(21,22)23/h2-10,29H,1H3/b24-10+. The van der Waals surface area contributed by atoms with E-state index in [2.05, 4.69) is 14.3 Å². The summed E-state index contributed by atoms with van der Waals surface area (Å²) in [5, 5.41) is 12.4. The molecular weight excluding hydrogens is 449 g/mol. The molecule has 0 radical (unpaired) electrons. The van der Waals surface area contributed by atoms with Crippen LogP contribution in [0.4, 0.5) is 18.3 Å². The van der Waals surface area contributed by atoms with Gasteiger partial charge in [-0.2, -0.15) is 22.5 Å². The van der Waals surface area contributed by atoms with Gasteiger partial charge in [-0.25, -0.2) is 9.56 Å². The zero-order valence-corrected chi connectivity index (χ0v) is 17.4. The van der Waals surface area contributed by atoms with Crippen molar-refractivity contribution >= 4 is 45.4 Å². The molecule has 0 saturated carbocycles. The van der Waals surface area contributed by atoms with Crippen LogP contribution in [-0.4, -0.2) is 31.5 Å². The molecule has 0 unspecified atom stereocenters. The molecule has 0 aliphatic carbocycles. The number of aromatic nitrogens is 3. The van der Waals surface area contributed by atoms with E-state index < -0.39 is 23.2 Å². The Labute approximate surface area is 181 Å². The molecule has 0 aliphatic heterocycles. The second kappa shape index (κ2) is 8.16. The molecule has 0 saturated heterocycles. The number of hydrogen-bond acceptors (Lipinski definition) is 7. The van der Waals surface area contributed by atoms with Crippen LogP contribution in [0.2, 0.25) is 0 Å². The number of benzene rings is 2. The highest BCUT2D eigenvalue weighted by Gasteiger charge is 2.31. The maximum absolute atomic E-state index is 13.2. The fourth-order valence-electron chi connectivity index (χ4n) is 3.01. The molecule has 6 nitrogen and oxygen atoms in total. The van der Waals surface area contributed by atoms with Gasteiger partial charge in [0.2, 0.25) is 16.2 Å². The van der Waals surface area contributed by atoms with Crippen LogP contribution in [0.15, 0.2) is 63.5 Å². The second-order valence-electron chi connectivity index (χ2n) is 6.29. The lowest BCUT2D eigenvalue weighted by Gasteiger charge is -2.15. The fraction of sp³-hybridized carbons (Fsp3) is 0.100. The molecule has 0 bridgehead atoms. The third-order valence-electron chi connectivity index (χ3n) is 4.42. The zero-order chi connectivity index (χ0) is 22.2. The van der Waals surface area contributed by atoms with Gasteiger partial charge >= 0.3 is 6.18 Å². The lowest BCUT2D eigenvalue weighted by atomic mass is 10.1. The van der Waals surface area contributed by atoms with E-state index in [4.69, 9.17) is 0 Å². The molecule has 0 spiro atoms. The van der Waals surface area contributed by atoms with E-state index in [1.165, 1.54) is 36.2 Å². The SMILES string of the molecule is CSc1nsc(/N=C/c2c(O)n(-c3cccc(C(F)(F)F)c3)c(=O)c3ccccc23)n1. The Morgan fingerprint density at radius 3 is 2.58 bits per heavy atom. The molecule has 0 fully saturated rings. The smallest absolute Gasteiger partial charge is 0.416 e. The molecule has 0 amide bonds. The number of pyridine rings is 1. The first-order valence-electron chi connectivity index (χ1n) is 8.75. The third-order valence-corrected chi connectivity index (χ3v) is 5.71. The molecule has 0 atom stereocenters. The topological polar surface area (TPSA) is 80.4 Å². The van der Waals surface area contributed by atoms with E-state index in [0.717, 1.165) is 28.2 Å².